The number of carbonyl (C=O) groups is 1. The molecule has 0 N–H and O–H groups in total. The first-order valence-electron chi connectivity index (χ1n) is 10.3. The van der Waals surface area contributed by atoms with Gasteiger partial charge in [0.05, 0.1) is 12.1 Å². The van der Waals surface area contributed by atoms with Crippen LogP contribution in [0.5, 0.6) is 0 Å². The summed E-state index contributed by atoms with van der Waals surface area (Å²) >= 11 is 0. The monoisotopic (exact) mass is 369 g/mol. The van der Waals surface area contributed by atoms with Gasteiger partial charge < -0.3 is 9.80 Å². The van der Waals surface area contributed by atoms with E-state index in [9.17, 15) is 4.79 Å². The van der Waals surface area contributed by atoms with E-state index in [4.69, 9.17) is 4.98 Å². The third-order valence-corrected chi connectivity index (χ3v) is 6.25. The maximum atomic E-state index is 12.8. The summed E-state index contributed by atoms with van der Waals surface area (Å²) in [6.07, 6.45) is 4.94. The number of hydrogen-bond acceptors (Lipinski definition) is 4. The number of amides is 1. The number of aromatic nitrogens is 3. The number of pyridine rings is 1. The highest BCUT2D eigenvalue weighted by atomic mass is 16.2. The molecule has 27 heavy (non-hydrogen) atoms. The van der Waals surface area contributed by atoms with Crippen LogP contribution in [0.4, 0.5) is 0 Å². The van der Waals surface area contributed by atoms with Crippen LogP contribution in [0.25, 0.3) is 11.0 Å². The van der Waals surface area contributed by atoms with Crippen molar-refractivity contribution >= 4 is 16.9 Å². The smallest absolute Gasteiger partial charge is 0.227 e. The molecule has 2 saturated heterocycles. The van der Waals surface area contributed by atoms with Gasteiger partial charge in [-0.3, -0.25) is 4.79 Å². The number of likely N-dealkylation sites (tertiary alicyclic amines) is 2. The molecule has 2 aliphatic heterocycles. The summed E-state index contributed by atoms with van der Waals surface area (Å²) in [4.78, 5) is 22.1. The van der Waals surface area contributed by atoms with Crippen LogP contribution in [0.15, 0.2) is 12.3 Å². The van der Waals surface area contributed by atoms with Crippen molar-refractivity contribution in [3.8, 4) is 0 Å². The average Bonchev–Trinajstić information content (AvgIpc) is 3.28. The van der Waals surface area contributed by atoms with Crippen LogP contribution >= 0.6 is 0 Å². The molecule has 1 amide bonds. The lowest BCUT2D eigenvalue weighted by molar-refractivity contribution is -0.136. The van der Waals surface area contributed by atoms with Gasteiger partial charge in [-0.25, -0.2) is 9.67 Å². The van der Waals surface area contributed by atoms with Gasteiger partial charge in [-0.1, -0.05) is 0 Å². The number of nitrogens with zero attached hydrogens (tertiary/aromatic N) is 5. The van der Waals surface area contributed by atoms with Gasteiger partial charge in [-0.05, 0) is 65.3 Å². The zero-order valence-electron chi connectivity index (χ0n) is 17.0. The minimum atomic E-state index is 0.198. The molecule has 0 radical (unpaired) electrons. The molecule has 2 fully saturated rings. The topological polar surface area (TPSA) is 54.3 Å². The van der Waals surface area contributed by atoms with Crippen LogP contribution in [0.1, 0.15) is 56.3 Å². The molecule has 6 heteroatoms. The number of carbonyl (C=O) groups excluding carboxylic acids is 1. The minimum absolute atomic E-state index is 0.198. The summed E-state index contributed by atoms with van der Waals surface area (Å²) in [5.41, 5.74) is 3.40. The second-order valence-electron chi connectivity index (χ2n) is 8.63. The lowest BCUT2D eigenvalue weighted by Crippen LogP contribution is -2.42. The SMILES string of the molecule is Cc1cc(C2CCN(C(=O)C3CCN(C)C3)CC2)nc2c1cnn2C(C)C. The number of fused-ring (bicyclic) bond motifs is 1. The van der Waals surface area contributed by atoms with E-state index in [0.717, 1.165) is 62.2 Å². The van der Waals surface area contributed by atoms with Gasteiger partial charge in [0, 0.05) is 42.7 Å². The fourth-order valence-corrected chi connectivity index (χ4v) is 4.58. The van der Waals surface area contributed by atoms with Gasteiger partial charge in [0.2, 0.25) is 5.91 Å². The van der Waals surface area contributed by atoms with E-state index in [2.05, 4.69) is 48.8 Å². The molecule has 2 aromatic rings. The van der Waals surface area contributed by atoms with E-state index in [1.54, 1.807) is 0 Å². The van der Waals surface area contributed by atoms with Crippen LogP contribution < -0.4 is 0 Å². The van der Waals surface area contributed by atoms with Gasteiger partial charge in [0.15, 0.2) is 5.65 Å². The van der Waals surface area contributed by atoms with Gasteiger partial charge in [0.25, 0.3) is 0 Å². The van der Waals surface area contributed by atoms with E-state index in [0.29, 0.717) is 17.9 Å². The van der Waals surface area contributed by atoms with Crippen LogP contribution in [-0.4, -0.2) is 63.7 Å². The molecule has 2 aliphatic rings. The highest BCUT2D eigenvalue weighted by Crippen LogP contribution is 2.31. The van der Waals surface area contributed by atoms with Crippen LogP contribution in [-0.2, 0) is 4.79 Å². The Hall–Kier alpha value is -1.95. The van der Waals surface area contributed by atoms with E-state index in [1.165, 1.54) is 5.56 Å². The normalized spacial score (nSPS) is 22.3. The molecule has 0 saturated carbocycles. The fourth-order valence-electron chi connectivity index (χ4n) is 4.58. The van der Waals surface area contributed by atoms with E-state index < -0.39 is 0 Å². The van der Waals surface area contributed by atoms with Gasteiger partial charge in [-0.15, -0.1) is 0 Å². The lowest BCUT2D eigenvalue weighted by atomic mass is 9.91. The molecule has 1 atom stereocenters. The molecule has 4 heterocycles. The van der Waals surface area contributed by atoms with Crippen LogP contribution in [0.2, 0.25) is 0 Å². The van der Waals surface area contributed by atoms with E-state index >= 15 is 0 Å². The Morgan fingerprint density at radius 3 is 2.56 bits per heavy atom. The van der Waals surface area contributed by atoms with Crippen molar-refractivity contribution in [2.75, 3.05) is 33.2 Å². The van der Waals surface area contributed by atoms with Crippen molar-refractivity contribution in [1.29, 1.82) is 0 Å². The maximum absolute atomic E-state index is 12.8. The Morgan fingerprint density at radius 1 is 1.19 bits per heavy atom. The summed E-state index contributed by atoms with van der Waals surface area (Å²) in [5.74, 6) is 0.984. The lowest BCUT2D eigenvalue weighted by Gasteiger charge is -2.33. The Balaban J connectivity index is 1.48. The van der Waals surface area contributed by atoms with Gasteiger partial charge in [-0.2, -0.15) is 5.10 Å². The Bertz CT molecular complexity index is 834. The molecule has 1 unspecified atom stereocenters. The largest absolute Gasteiger partial charge is 0.342 e. The molecule has 4 rings (SSSR count). The van der Waals surface area contributed by atoms with Crippen molar-refractivity contribution in [3.05, 3.63) is 23.5 Å². The molecule has 0 aliphatic carbocycles. The maximum Gasteiger partial charge on any atom is 0.227 e. The number of aryl methyl sites for hydroxylation is 1. The Kier molecular flexibility index (Phi) is 4.93. The standard InChI is InChI=1S/C21H31N5O/c1-14(2)26-20-18(12-22-26)15(3)11-19(23-20)16-6-9-25(10-7-16)21(27)17-5-8-24(4)13-17/h11-12,14,16-17H,5-10,13H2,1-4H3. The zero-order valence-corrected chi connectivity index (χ0v) is 17.0. The summed E-state index contributed by atoms with van der Waals surface area (Å²) in [6.45, 7) is 10.1. The molecule has 146 valence electrons. The summed E-state index contributed by atoms with van der Waals surface area (Å²) in [7, 11) is 2.10. The van der Waals surface area contributed by atoms with Crippen molar-refractivity contribution in [2.45, 2.75) is 52.0 Å². The summed E-state index contributed by atoms with van der Waals surface area (Å²) in [5, 5.41) is 5.67. The minimum Gasteiger partial charge on any atom is -0.342 e. The van der Waals surface area contributed by atoms with Crippen molar-refractivity contribution < 1.29 is 4.79 Å². The molecule has 2 aromatic heterocycles. The van der Waals surface area contributed by atoms with Crippen LogP contribution in [0.3, 0.4) is 0 Å². The van der Waals surface area contributed by atoms with Gasteiger partial charge >= 0.3 is 0 Å². The average molecular weight is 370 g/mol. The molecule has 0 aromatic carbocycles. The fraction of sp³-hybridized carbons (Fsp3) is 0.667. The molecular weight excluding hydrogens is 338 g/mol. The highest BCUT2D eigenvalue weighted by Gasteiger charge is 2.32. The molecule has 0 bridgehead atoms. The summed E-state index contributed by atoms with van der Waals surface area (Å²) in [6, 6.07) is 2.52. The zero-order chi connectivity index (χ0) is 19.1. The Labute approximate surface area is 161 Å². The van der Waals surface area contributed by atoms with Crippen LogP contribution in [0, 0.1) is 12.8 Å². The molecule has 6 nitrogen and oxygen atoms in total. The first-order valence-corrected chi connectivity index (χ1v) is 10.3. The van der Waals surface area contributed by atoms with E-state index in [-0.39, 0.29) is 5.92 Å². The quantitative estimate of drug-likeness (QED) is 0.835. The molecular formula is C21H31N5O. The Morgan fingerprint density at radius 2 is 1.93 bits per heavy atom. The predicted octanol–water partition coefficient (Wildman–Crippen LogP) is 2.98. The van der Waals surface area contributed by atoms with E-state index in [1.807, 2.05) is 10.9 Å². The number of rotatable bonds is 3. The number of piperidine rings is 1. The second-order valence-corrected chi connectivity index (χ2v) is 8.63. The third-order valence-electron chi connectivity index (χ3n) is 6.25. The van der Waals surface area contributed by atoms with Crippen molar-refractivity contribution in [3.63, 3.8) is 0 Å². The number of hydrogen-bond donors (Lipinski definition) is 0. The first-order chi connectivity index (χ1) is 12.9. The predicted molar refractivity (Wildman–Crippen MR) is 107 cm³/mol. The second kappa shape index (κ2) is 7.23. The summed E-state index contributed by atoms with van der Waals surface area (Å²) < 4.78 is 2.01. The third kappa shape index (κ3) is 3.47. The molecule has 0 spiro atoms. The van der Waals surface area contributed by atoms with Crippen molar-refractivity contribution in [1.82, 2.24) is 24.6 Å². The highest BCUT2D eigenvalue weighted by molar-refractivity contribution is 5.80. The first kappa shape index (κ1) is 18.4. The van der Waals surface area contributed by atoms with Crippen molar-refractivity contribution in [2.24, 2.45) is 5.92 Å². The van der Waals surface area contributed by atoms with Gasteiger partial charge in [0.1, 0.15) is 0 Å².